The van der Waals surface area contributed by atoms with Gasteiger partial charge in [0.1, 0.15) is 18.3 Å². The molecule has 0 aliphatic heterocycles. The van der Waals surface area contributed by atoms with Crippen LogP contribution in [0.2, 0.25) is 0 Å². The van der Waals surface area contributed by atoms with Crippen molar-refractivity contribution in [1.82, 2.24) is 10.2 Å². The number of carbonyl (C=O) groups is 2. The highest BCUT2D eigenvalue weighted by atomic mass is 32.2. The lowest BCUT2D eigenvalue weighted by Gasteiger charge is -2.32. The summed E-state index contributed by atoms with van der Waals surface area (Å²) in [6, 6.07) is 19.8. The Kier molecular flexibility index (Phi) is 9.52. The Labute approximate surface area is 225 Å². The van der Waals surface area contributed by atoms with Gasteiger partial charge in [-0.15, -0.1) is 0 Å². The molecule has 0 saturated heterocycles. The van der Waals surface area contributed by atoms with E-state index in [0.717, 1.165) is 21.0 Å². The maximum Gasteiger partial charge on any atom is 0.264 e. The topological polar surface area (TPSA) is 96.0 Å². The Balaban J connectivity index is 2.05. The molecule has 0 aromatic heterocycles. The number of rotatable bonds is 11. The van der Waals surface area contributed by atoms with Crippen LogP contribution in [0.3, 0.4) is 0 Å². The van der Waals surface area contributed by atoms with Gasteiger partial charge >= 0.3 is 0 Å². The summed E-state index contributed by atoms with van der Waals surface area (Å²) in [7, 11) is -2.54. The third-order valence-electron chi connectivity index (χ3n) is 6.11. The van der Waals surface area contributed by atoms with Crippen molar-refractivity contribution in [1.29, 1.82) is 0 Å². The van der Waals surface area contributed by atoms with Crippen molar-refractivity contribution in [3.05, 3.63) is 89.5 Å². The van der Waals surface area contributed by atoms with Gasteiger partial charge in [0.2, 0.25) is 11.8 Å². The summed E-state index contributed by atoms with van der Waals surface area (Å²) in [4.78, 5) is 28.2. The van der Waals surface area contributed by atoms with Crippen molar-refractivity contribution in [3.63, 3.8) is 0 Å². The van der Waals surface area contributed by atoms with Gasteiger partial charge in [-0.25, -0.2) is 8.42 Å². The van der Waals surface area contributed by atoms with Gasteiger partial charge in [0.25, 0.3) is 10.0 Å². The van der Waals surface area contributed by atoms with Crippen molar-refractivity contribution in [2.24, 2.45) is 0 Å². The van der Waals surface area contributed by atoms with Crippen molar-refractivity contribution in [3.8, 4) is 5.75 Å². The minimum Gasteiger partial charge on any atom is -0.497 e. The number of sulfonamides is 1. The summed E-state index contributed by atoms with van der Waals surface area (Å²) in [5.74, 6) is -0.220. The Morgan fingerprint density at radius 2 is 1.61 bits per heavy atom. The van der Waals surface area contributed by atoms with E-state index in [1.807, 2.05) is 26.0 Å². The molecule has 0 spiro atoms. The molecule has 0 aliphatic carbocycles. The van der Waals surface area contributed by atoms with Crippen molar-refractivity contribution in [2.75, 3.05) is 24.5 Å². The van der Waals surface area contributed by atoms with E-state index in [1.54, 1.807) is 69.5 Å². The van der Waals surface area contributed by atoms with E-state index in [2.05, 4.69) is 5.32 Å². The predicted molar refractivity (Wildman–Crippen MR) is 149 cm³/mol. The smallest absolute Gasteiger partial charge is 0.264 e. The Morgan fingerprint density at radius 3 is 2.21 bits per heavy atom. The van der Waals surface area contributed by atoms with Crippen LogP contribution in [0.1, 0.15) is 30.5 Å². The zero-order valence-electron chi connectivity index (χ0n) is 22.5. The molecule has 3 aromatic carbocycles. The van der Waals surface area contributed by atoms with Gasteiger partial charge in [0.15, 0.2) is 0 Å². The molecular weight excluding hydrogens is 502 g/mol. The highest BCUT2D eigenvalue weighted by Crippen LogP contribution is 2.27. The van der Waals surface area contributed by atoms with Gasteiger partial charge in [-0.2, -0.15) is 0 Å². The summed E-state index contributed by atoms with van der Waals surface area (Å²) >= 11 is 0. The zero-order chi connectivity index (χ0) is 27.9. The molecule has 202 valence electrons. The van der Waals surface area contributed by atoms with E-state index in [4.69, 9.17) is 4.74 Å². The Bertz CT molecular complexity index is 1360. The number of aryl methyl sites for hydroxylation is 2. The average molecular weight is 538 g/mol. The molecule has 0 aliphatic rings. The number of benzene rings is 3. The molecule has 38 heavy (non-hydrogen) atoms. The van der Waals surface area contributed by atoms with E-state index in [0.29, 0.717) is 18.0 Å². The molecule has 0 radical (unpaired) electrons. The highest BCUT2D eigenvalue weighted by Gasteiger charge is 2.32. The minimum absolute atomic E-state index is 0.0723. The second kappa shape index (κ2) is 12.6. The van der Waals surface area contributed by atoms with E-state index < -0.39 is 28.5 Å². The Morgan fingerprint density at radius 1 is 0.947 bits per heavy atom. The molecule has 0 unspecified atom stereocenters. The average Bonchev–Trinajstić information content (AvgIpc) is 2.90. The fourth-order valence-corrected chi connectivity index (χ4v) is 5.63. The monoisotopic (exact) mass is 537 g/mol. The molecule has 9 heteroatoms. The number of anilines is 1. The van der Waals surface area contributed by atoms with Crippen LogP contribution < -0.4 is 14.4 Å². The molecule has 0 saturated carbocycles. The number of nitrogens with zero attached hydrogens (tertiary/aromatic N) is 2. The Hall–Kier alpha value is -3.85. The molecular formula is C29H35N3O5S. The number of likely N-dealkylation sites (N-methyl/N-ethyl adjacent to an activating group) is 1. The third-order valence-corrected chi connectivity index (χ3v) is 7.90. The van der Waals surface area contributed by atoms with E-state index in [-0.39, 0.29) is 17.3 Å². The summed E-state index contributed by atoms with van der Waals surface area (Å²) in [6.07, 6.45) is 0. The maximum absolute atomic E-state index is 13.9. The van der Waals surface area contributed by atoms with Gasteiger partial charge < -0.3 is 15.0 Å². The lowest BCUT2D eigenvalue weighted by molar-refractivity contribution is -0.139. The van der Waals surface area contributed by atoms with Crippen LogP contribution in [0.5, 0.6) is 5.75 Å². The maximum atomic E-state index is 13.9. The standard InChI is InChI=1S/C29H35N3O5S/c1-6-30-29(34)23(4)31(19-24-11-10-12-26(18-24)37-5)28(33)20-32(25-16-21(2)15-22(3)17-25)38(35,36)27-13-8-7-9-14-27/h7-18,23H,6,19-20H2,1-5H3,(H,30,34)/t23-/m1/s1. The quantitative estimate of drug-likeness (QED) is 0.398. The predicted octanol–water partition coefficient (Wildman–Crippen LogP) is 4.06. The molecule has 3 aromatic rings. The molecule has 0 fully saturated rings. The number of methoxy groups -OCH3 is 1. The van der Waals surface area contributed by atoms with Gasteiger partial charge in [0.05, 0.1) is 17.7 Å². The first-order chi connectivity index (χ1) is 18.1. The van der Waals surface area contributed by atoms with Gasteiger partial charge in [-0.05, 0) is 80.8 Å². The fourth-order valence-electron chi connectivity index (χ4n) is 4.22. The molecule has 0 bridgehead atoms. The number of hydrogen-bond acceptors (Lipinski definition) is 5. The molecule has 1 N–H and O–H groups in total. The van der Waals surface area contributed by atoms with Crippen LogP contribution in [0.4, 0.5) is 5.69 Å². The summed E-state index contributed by atoms with van der Waals surface area (Å²) in [5.41, 5.74) is 2.86. The number of nitrogens with one attached hydrogen (secondary N) is 1. The first-order valence-corrected chi connectivity index (χ1v) is 13.9. The molecule has 0 heterocycles. The van der Waals surface area contributed by atoms with Crippen LogP contribution >= 0.6 is 0 Å². The number of carbonyl (C=O) groups excluding carboxylic acids is 2. The lowest BCUT2D eigenvalue weighted by Crippen LogP contribution is -2.51. The van der Waals surface area contributed by atoms with Crippen molar-refractivity contribution < 1.29 is 22.7 Å². The van der Waals surface area contributed by atoms with Gasteiger partial charge in [0, 0.05) is 13.1 Å². The highest BCUT2D eigenvalue weighted by molar-refractivity contribution is 7.92. The van der Waals surface area contributed by atoms with E-state index in [1.165, 1.54) is 17.0 Å². The molecule has 3 rings (SSSR count). The number of amides is 2. The second-order valence-electron chi connectivity index (χ2n) is 9.11. The SMILES string of the molecule is CCNC(=O)[C@@H](C)N(Cc1cccc(OC)c1)C(=O)CN(c1cc(C)cc(C)c1)S(=O)(=O)c1ccccc1. The molecule has 8 nitrogen and oxygen atoms in total. The van der Waals surface area contributed by atoms with Crippen LogP contribution in [-0.4, -0.2) is 51.4 Å². The lowest BCUT2D eigenvalue weighted by atomic mass is 10.1. The number of ether oxygens (including phenoxy) is 1. The number of hydrogen-bond donors (Lipinski definition) is 1. The third kappa shape index (κ3) is 6.92. The minimum atomic E-state index is -4.09. The van der Waals surface area contributed by atoms with Crippen molar-refractivity contribution in [2.45, 2.75) is 45.2 Å². The van der Waals surface area contributed by atoms with Crippen LogP contribution in [-0.2, 0) is 26.2 Å². The van der Waals surface area contributed by atoms with E-state index >= 15 is 0 Å². The summed E-state index contributed by atoms with van der Waals surface area (Å²) < 4.78 is 34.1. The second-order valence-corrected chi connectivity index (χ2v) is 11.0. The fraction of sp³-hybridized carbons (Fsp3) is 0.310. The largest absolute Gasteiger partial charge is 0.497 e. The molecule has 1 atom stereocenters. The van der Waals surface area contributed by atoms with Crippen LogP contribution in [0, 0.1) is 13.8 Å². The first kappa shape index (κ1) is 28.7. The first-order valence-electron chi connectivity index (χ1n) is 12.4. The van der Waals surface area contributed by atoms with Gasteiger partial charge in [-0.1, -0.05) is 36.4 Å². The van der Waals surface area contributed by atoms with E-state index in [9.17, 15) is 18.0 Å². The summed E-state index contributed by atoms with van der Waals surface area (Å²) in [5, 5.41) is 2.76. The van der Waals surface area contributed by atoms with Crippen LogP contribution in [0.15, 0.2) is 77.7 Å². The normalized spacial score (nSPS) is 11.9. The summed E-state index contributed by atoms with van der Waals surface area (Å²) in [6.45, 7) is 7.20. The van der Waals surface area contributed by atoms with Gasteiger partial charge in [-0.3, -0.25) is 13.9 Å². The molecule has 2 amide bonds. The van der Waals surface area contributed by atoms with Crippen LogP contribution in [0.25, 0.3) is 0 Å². The zero-order valence-corrected chi connectivity index (χ0v) is 23.3. The van der Waals surface area contributed by atoms with Crippen molar-refractivity contribution >= 4 is 27.5 Å².